The van der Waals surface area contributed by atoms with Crippen LogP contribution in [0.2, 0.25) is 0 Å². The standard InChI is InChI=1S/C16H15NO2/c1-13(14-8-4-2-5-9-14)17(16(19)12-18)15-10-6-3-7-11-15/h2-13H,1H3/t13-/m0/s1. The average Bonchev–Trinajstić information content (AvgIpc) is 2.49. The van der Waals surface area contributed by atoms with Gasteiger partial charge >= 0.3 is 0 Å². The molecule has 2 aromatic rings. The lowest BCUT2D eigenvalue weighted by molar-refractivity contribution is -0.129. The molecule has 0 N–H and O–H groups in total. The number of carbonyl (C=O) groups excluding carboxylic acids is 2. The molecule has 2 aromatic carbocycles. The van der Waals surface area contributed by atoms with Crippen molar-refractivity contribution < 1.29 is 9.59 Å². The molecule has 0 radical (unpaired) electrons. The number of benzene rings is 2. The molecular weight excluding hydrogens is 238 g/mol. The maximum atomic E-state index is 11.9. The summed E-state index contributed by atoms with van der Waals surface area (Å²) in [4.78, 5) is 24.3. The molecule has 0 fully saturated rings. The molecule has 1 atom stereocenters. The summed E-state index contributed by atoms with van der Waals surface area (Å²) in [5, 5.41) is 0. The Morgan fingerprint density at radius 3 is 2.05 bits per heavy atom. The van der Waals surface area contributed by atoms with Crippen LogP contribution >= 0.6 is 0 Å². The molecule has 19 heavy (non-hydrogen) atoms. The third-order valence-electron chi connectivity index (χ3n) is 3.04. The molecule has 0 heterocycles. The van der Waals surface area contributed by atoms with E-state index >= 15 is 0 Å². The van der Waals surface area contributed by atoms with Crippen molar-refractivity contribution in [3.8, 4) is 0 Å². The molecular formula is C16H15NO2. The average molecular weight is 253 g/mol. The first-order valence-electron chi connectivity index (χ1n) is 6.12. The summed E-state index contributed by atoms with van der Waals surface area (Å²) in [5.74, 6) is -0.539. The van der Waals surface area contributed by atoms with E-state index in [0.717, 1.165) is 11.3 Å². The topological polar surface area (TPSA) is 37.4 Å². The molecule has 0 aromatic heterocycles. The van der Waals surface area contributed by atoms with E-state index in [0.29, 0.717) is 6.29 Å². The highest BCUT2D eigenvalue weighted by molar-refractivity contribution is 6.30. The first kappa shape index (κ1) is 13.0. The first-order valence-corrected chi connectivity index (χ1v) is 6.12. The quantitative estimate of drug-likeness (QED) is 0.620. The zero-order valence-electron chi connectivity index (χ0n) is 10.7. The van der Waals surface area contributed by atoms with Crippen LogP contribution in [0.25, 0.3) is 0 Å². The number of amides is 1. The summed E-state index contributed by atoms with van der Waals surface area (Å²) in [6.45, 7) is 1.91. The molecule has 3 heteroatoms. The molecule has 2 rings (SSSR count). The molecule has 0 bridgehead atoms. The Labute approximate surface area is 112 Å². The van der Waals surface area contributed by atoms with E-state index in [1.165, 1.54) is 4.90 Å². The number of hydrogen-bond acceptors (Lipinski definition) is 2. The Bertz CT molecular complexity index is 551. The molecule has 0 saturated carbocycles. The monoisotopic (exact) mass is 253 g/mol. The predicted octanol–water partition coefficient (Wildman–Crippen LogP) is 2.98. The van der Waals surface area contributed by atoms with Crippen LogP contribution in [0.1, 0.15) is 18.5 Å². The third-order valence-corrected chi connectivity index (χ3v) is 3.04. The van der Waals surface area contributed by atoms with E-state index in [1.807, 2.05) is 67.6 Å². The van der Waals surface area contributed by atoms with E-state index in [9.17, 15) is 9.59 Å². The Balaban J connectivity index is 2.39. The number of carbonyl (C=O) groups is 2. The molecule has 0 saturated heterocycles. The van der Waals surface area contributed by atoms with Crippen LogP contribution in [0.5, 0.6) is 0 Å². The number of nitrogens with zero attached hydrogens (tertiary/aromatic N) is 1. The van der Waals surface area contributed by atoms with E-state index in [-0.39, 0.29) is 6.04 Å². The van der Waals surface area contributed by atoms with Crippen molar-refractivity contribution in [3.05, 3.63) is 66.2 Å². The van der Waals surface area contributed by atoms with Gasteiger partial charge in [-0.3, -0.25) is 14.5 Å². The summed E-state index contributed by atoms with van der Waals surface area (Å²) in [7, 11) is 0. The van der Waals surface area contributed by atoms with Crippen LogP contribution in [0.15, 0.2) is 60.7 Å². The second-order valence-electron chi connectivity index (χ2n) is 4.25. The lowest BCUT2D eigenvalue weighted by atomic mass is 10.1. The van der Waals surface area contributed by atoms with E-state index in [4.69, 9.17) is 0 Å². The number of anilines is 1. The number of rotatable bonds is 4. The van der Waals surface area contributed by atoms with Gasteiger partial charge in [0.05, 0.1) is 6.04 Å². The Morgan fingerprint density at radius 2 is 1.53 bits per heavy atom. The summed E-state index contributed by atoms with van der Waals surface area (Å²) in [5.41, 5.74) is 1.71. The molecule has 0 aliphatic rings. The second kappa shape index (κ2) is 5.96. The summed E-state index contributed by atoms with van der Waals surface area (Å²) >= 11 is 0. The van der Waals surface area contributed by atoms with Crippen LogP contribution in [0, 0.1) is 0 Å². The van der Waals surface area contributed by atoms with Gasteiger partial charge in [-0.2, -0.15) is 0 Å². The van der Waals surface area contributed by atoms with E-state index < -0.39 is 5.91 Å². The van der Waals surface area contributed by atoms with Crippen LogP contribution < -0.4 is 4.90 Å². The highest BCUT2D eigenvalue weighted by Crippen LogP contribution is 2.26. The Morgan fingerprint density at radius 1 is 1.00 bits per heavy atom. The van der Waals surface area contributed by atoms with Crippen molar-refractivity contribution in [2.24, 2.45) is 0 Å². The zero-order chi connectivity index (χ0) is 13.7. The summed E-state index contributed by atoms with van der Waals surface area (Å²) in [6, 6.07) is 18.7. The van der Waals surface area contributed by atoms with Gasteiger partial charge < -0.3 is 0 Å². The van der Waals surface area contributed by atoms with E-state index in [2.05, 4.69) is 0 Å². The van der Waals surface area contributed by atoms with Crippen molar-refractivity contribution in [2.45, 2.75) is 13.0 Å². The second-order valence-corrected chi connectivity index (χ2v) is 4.25. The number of hydrogen-bond donors (Lipinski definition) is 0. The summed E-state index contributed by atoms with van der Waals surface area (Å²) < 4.78 is 0. The minimum absolute atomic E-state index is 0.193. The van der Waals surface area contributed by atoms with Crippen molar-refractivity contribution in [1.29, 1.82) is 0 Å². The molecule has 96 valence electrons. The van der Waals surface area contributed by atoms with Gasteiger partial charge in [-0.15, -0.1) is 0 Å². The molecule has 0 spiro atoms. The van der Waals surface area contributed by atoms with Gasteiger partial charge in [-0.1, -0.05) is 48.5 Å². The van der Waals surface area contributed by atoms with Gasteiger partial charge in [0, 0.05) is 5.69 Å². The van der Waals surface area contributed by atoms with Crippen molar-refractivity contribution >= 4 is 17.9 Å². The molecule has 3 nitrogen and oxygen atoms in total. The number of aldehydes is 1. The molecule has 0 unspecified atom stereocenters. The lowest BCUT2D eigenvalue weighted by Crippen LogP contribution is -2.34. The fourth-order valence-electron chi connectivity index (χ4n) is 2.07. The van der Waals surface area contributed by atoms with Crippen molar-refractivity contribution in [3.63, 3.8) is 0 Å². The molecule has 0 aliphatic heterocycles. The van der Waals surface area contributed by atoms with Crippen molar-refractivity contribution in [2.75, 3.05) is 4.90 Å². The minimum atomic E-state index is -0.539. The highest BCUT2D eigenvalue weighted by Gasteiger charge is 2.22. The fourth-order valence-corrected chi connectivity index (χ4v) is 2.07. The molecule has 0 aliphatic carbocycles. The zero-order valence-corrected chi connectivity index (χ0v) is 10.7. The van der Waals surface area contributed by atoms with Crippen LogP contribution in [0.3, 0.4) is 0 Å². The third kappa shape index (κ3) is 2.88. The highest BCUT2D eigenvalue weighted by atomic mass is 16.2. The maximum absolute atomic E-state index is 11.9. The fraction of sp³-hybridized carbons (Fsp3) is 0.125. The van der Waals surface area contributed by atoms with Gasteiger partial charge in [0.25, 0.3) is 5.91 Å². The van der Waals surface area contributed by atoms with Gasteiger partial charge in [0.2, 0.25) is 6.29 Å². The van der Waals surface area contributed by atoms with Crippen LogP contribution in [-0.4, -0.2) is 12.2 Å². The molecule has 1 amide bonds. The van der Waals surface area contributed by atoms with Gasteiger partial charge in [0.15, 0.2) is 0 Å². The predicted molar refractivity (Wildman–Crippen MR) is 74.8 cm³/mol. The van der Waals surface area contributed by atoms with Gasteiger partial charge in [-0.05, 0) is 24.6 Å². The lowest BCUT2D eigenvalue weighted by Gasteiger charge is -2.28. The van der Waals surface area contributed by atoms with Crippen molar-refractivity contribution in [1.82, 2.24) is 0 Å². The summed E-state index contributed by atoms with van der Waals surface area (Å²) in [6.07, 6.45) is 0.354. The minimum Gasteiger partial charge on any atom is -0.299 e. The SMILES string of the molecule is C[C@@H](c1ccccc1)N(C(=O)C=O)c1ccccc1. The smallest absolute Gasteiger partial charge is 0.291 e. The first-order chi connectivity index (χ1) is 9.24. The van der Waals surface area contributed by atoms with Crippen LogP contribution in [0.4, 0.5) is 5.69 Å². The van der Waals surface area contributed by atoms with E-state index in [1.54, 1.807) is 0 Å². The Kier molecular flexibility index (Phi) is 4.08. The maximum Gasteiger partial charge on any atom is 0.291 e. The Hall–Kier alpha value is -2.42. The van der Waals surface area contributed by atoms with Gasteiger partial charge in [-0.25, -0.2) is 0 Å². The number of para-hydroxylation sites is 1. The largest absolute Gasteiger partial charge is 0.299 e. The normalized spacial score (nSPS) is 11.6. The van der Waals surface area contributed by atoms with Crippen LogP contribution in [-0.2, 0) is 9.59 Å². The van der Waals surface area contributed by atoms with Gasteiger partial charge in [0.1, 0.15) is 0 Å².